The Kier molecular flexibility index (Phi) is 8.08. The molecule has 0 aromatic heterocycles. The van der Waals surface area contributed by atoms with Gasteiger partial charge >= 0.3 is 0 Å². The molecular weight excluding hydrogens is 373 g/mol. The molecule has 0 spiro atoms. The molecule has 0 atom stereocenters. The van der Waals surface area contributed by atoms with E-state index in [1.54, 1.807) is 54.4 Å². The van der Waals surface area contributed by atoms with E-state index >= 15 is 0 Å². The number of nitrogens with two attached hydrogens (primary N) is 1. The van der Waals surface area contributed by atoms with Gasteiger partial charge in [0.25, 0.3) is 11.8 Å². The van der Waals surface area contributed by atoms with Crippen LogP contribution in [0.4, 0.5) is 5.69 Å². The summed E-state index contributed by atoms with van der Waals surface area (Å²) in [5.74, 6) is -0.429. The van der Waals surface area contributed by atoms with Gasteiger partial charge in [0.05, 0.1) is 10.7 Å². The van der Waals surface area contributed by atoms with Crippen molar-refractivity contribution in [3.8, 4) is 0 Å². The lowest BCUT2D eigenvalue weighted by molar-refractivity contribution is 0.0754. The van der Waals surface area contributed by atoms with Crippen LogP contribution >= 0.6 is 24.0 Å². The minimum absolute atomic E-state index is 0. The van der Waals surface area contributed by atoms with Gasteiger partial charge in [-0.2, -0.15) is 0 Å². The summed E-state index contributed by atoms with van der Waals surface area (Å²) in [5, 5.41) is 3.13. The van der Waals surface area contributed by atoms with Crippen LogP contribution in [0.15, 0.2) is 42.5 Å². The molecule has 0 aliphatic heterocycles. The van der Waals surface area contributed by atoms with Crippen molar-refractivity contribution in [1.29, 1.82) is 0 Å². The van der Waals surface area contributed by atoms with Crippen molar-refractivity contribution in [3.63, 3.8) is 0 Å². The molecule has 3 N–H and O–H groups in total. The highest BCUT2D eigenvalue weighted by Crippen LogP contribution is 2.24. The van der Waals surface area contributed by atoms with E-state index in [9.17, 15) is 9.59 Å². The minimum Gasteiger partial charge on any atom is -0.339 e. The van der Waals surface area contributed by atoms with Crippen LogP contribution in [0.1, 0.15) is 40.1 Å². The first-order valence-corrected chi connectivity index (χ1v) is 8.38. The average molecular weight is 396 g/mol. The fourth-order valence-electron chi connectivity index (χ4n) is 2.18. The summed E-state index contributed by atoms with van der Waals surface area (Å²) in [6.45, 7) is 4.28. The first-order chi connectivity index (χ1) is 11.8. The second kappa shape index (κ2) is 9.57. The SMILES string of the molecule is CC(C)N(C)C(=O)c1ccc(Cl)c(NC(=O)c2ccc(CN)cc2)c1.Cl. The molecule has 2 amide bonds. The number of nitrogens with one attached hydrogen (secondary N) is 1. The standard InChI is InChI=1S/C19H22ClN3O2.ClH/c1-12(2)23(3)19(25)15-8-9-16(20)17(10-15)22-18(24)14-6-4-13(11-21)5-7-14;/h4-10,12H,11,21H2,1-3H3,(H,22,24);1H. The number of benzene rings is 2. The normalized spacial score (nSPS) is 10.2. The van der Waals surface area contributed by atoms with Gasteiger partial charge in [0.2, 0.25) is 0 Å². The third kappa shape index (κ3) is 5.21. The van der Waals surface area contributed by atoms with Crippen LogP contribution < -0.4 is 11.1 Å². The number of amides is 2. The zero-order valence-corrected chi connectivity index (χ0v) is 16.5. The third-order valence-corrected chi connectivity index (χ3v) is 4.34. The largest absolute Gasteiger partial charge is 0.339 e. The maximum atomic E-state index is 12.4. The van der Waals surface area contributed by atoms with Crippen LogP contribution in [0.3, 0.4) is 0 Å². The van der Waals surface area contributed by atoms with Crippen molar-refractivity contribution in [2.24, 2.45) is 5.73 Å². The molecule has 0 heterocycles. The van der Waals surface area contributed by atoms with Crippen LogP contribution in [0, 0.1) is 0 Å². The van der Waals surface area contributed by atoms with Crippen LogP contribution in [-0.4, -0.2) is 29.8 Å². The lowest BCUT2D eigenvalue weighted by atomic mass is 10.1. The number of rotatable bonds is 5. The molecule has 0 radical (unpaired) electrons. The van der Waals surface area contributed by atoms with E-state index in [0.717, 1.165) is 5.56 Å². The highest BCUT2D eigenvalue weighted by Gasteiger charge is 2.17. The molecule has 2 aromatic rings. The maximum Gasteiger partial charge on any atom is 0.255 e. The molecule has 26 heavy (non-hydrogen) atoms. The van der Waals surface area contributed by atoms with Crippen molar-refractivity contribution in [3.05, 3.63) is 64.2 Å². The molecule has 5 nitrogen and oxygen atoms in total. The van der Waals surface area contributed by atoms with Gasteiger partial charge < -0.3 is 16.0 Å². The van der Waals surface area contributed by atoms with E-state index in [1.165, 1.54) is 0 Å². The summed E-state index contributed by atoms with van der Waals surface area (Å²) in [5.41, 5.74) is 7.86. The molecule has 0 unspecified atom stereocenters. The van der Waals surface area contributed by atoms with Crippen molar-refractivity contribution < 1.29 is 9.59 Å². The fraction of sp³-hybridized carbons (Fsp3) is 0.263. The number of hydrogen-bond acceptors (Lipinski definition) is 3. The quantitative estimate of drug-likeness (QED) is 0.804. The van der Waals surface area contributed by atoms with Gasteiger partial charge in [0, 0.05) is 30.8 Å². The number of carbonyl (C=O) groups excluding carboxylic acids is 2. The van der Waals surface area contributed by atoms with Crippen LogP contribution in [0.2, 0.25) is 5.02 Å². The highest BCUT2D eigenvalue weighted by molar-refractivity contribution is 6.34. The molecule has 0 fully saturated rings. The van der Waals surface area contributed by atoms with Gasteiger partial charge in [-0.3, -0.25) is 9.59 Å². The number of hydrogen-bond donors (Lipinski definition) is 2. The topological polar surface area (TPSA) is 75.4 Å². The Hall–Kier alpha value is -2.08. The Balaban J connectivity index is 0.00000338. The number of nitrogens with zero attached hydrogens (tertiary/aromatic N) is 1. The van der Waals surface area contributed by atoms with E-state index in [-0.39, 0.29) is 30.3 Å². The van der Waals surface area contributed by atoms with Gasteiger partial charge in [0.15, 0.2) is 0 Å². The minimum atomic E-state index is -0.299. The van der Waals surface area contributed by atoms with Crippen LogP contribution in [0.25, 0.3) is 0 Å². The summed E-state index contributed by atoms with van der Waals surface area (Å²) >= 11 is 6.17. The number of halogens is 2. The Morgan fingerprint density at radius 3 is 2.23 bits per heavy atom. The zero-order valence-electron chi connectivity index (χ0n) is 15.0. The summed E-state index contributed by atoms with van der Waals surface area (Å²) in [6.07, 6.45) is 0. The van der Waals surface area contributed by atoms with E-state index in [2.05, 4.69) is 5.32 Å². The van der Waals surface area contributed by atoms with Crippen LogP contribution in [0.5, 0.6) is 0 Å². The second-order valence-corrected chi connectivity index (χ2v) is 6.47. The van der Waals surface area contributed by atoms with Gasteiger partial charge in [0.1, 0.15) is 0 Å². The smallest absolute Gasteiger partial charge is 0.255 e. The Morgan fingerprint density at radius 1 is 1.12 bits per heavy atom. The Morgan fingerprint density at radius 2 is 1.69 bits per heavy atom. The van der Waals surface area contributed by atoms with E-state index in [4.69, 9.17) is 17.3 Å². The second-order valence-electron chi connectivity index (χ2n) is 6.06. The number of carbonyl (C=O) groups is 2. The fourth-order valence-corrected chi connectivity index (χ4v) is 2.34. The number of anilines is 1. The molecule has 2 aromatic carbocycles. The lowest BCUT2D eigenvalue weighted by Gasteiger charge is -2.22. The highest BCUT2D eigenvalue weighted by atomic mass is 35.5. The molecule has 0 bridgehead atoms. The van der Waals surface area contributed by atoms with Gasteiger partial charge in [-0.1, -0.05) is 23.7 Å². The zero-order chi connectivity index (χ0) is 18.6. The van der Waals surface area contributed by atoms with Gasteiger partial charge in [-0.25, -0.2) is 0 Å². The molecule has 2 rings (SSSR count). The lowest BCUT2D eigenvalue weighted by Crippen LogP contribution is -2.33. The summed E-state index contributed by atoms with van der Waals surface area (Å²) in [6, 6.07) is 11.9. The van der Waals surface area contributed by atoms with Gasteiger partial charge in [-0.15, -0.1) is 12.4 Å². The first kappa shape index (κ1) is 22.0. The summed E-state index contributed by atoms with van der Waals surface area (Å²) < 4.78 is 0. The molecule has 0 aliphatic rings. The monoisotopic (exact) mass is 395 g/mol. The van der Waals surface area contributed by atoms with E-state index in [0.29, 0.717) is 28.4 Å². The molecule has 7 heteroatoms. The molecule has 0 saturated carbocycles. The third-order valence-electron chi connectivity index (χ3n) is 4.01. The van der Waals surface area contributed by atoms with Crippen LogP contribution in [-0.2, 0) is 6.54 Å². The molecule has 0 saturated heterocycles. The van der Waals surface area contributed by atoms with Crippen molar-refractivity contribution in [1.82, 2.24) is 4.90 Å². The summed E-state index contributed by atoms with van der Waals surface area (Å²) in [7, 11) is 1.73. The Labute approximate surface area is 164 Å². The van der Waals surface area contributed by atoms with Crippen molar-refractivity contribution in [2.75, 3.05) is 12.4 Å². The van der Waals surface area contributed by atoms with E-state index in [1.807, 2.05) is 13.8 Å². The average Bonchev–Trinajstić information content (AvgIpc) is 2.62. The summed E-state index contributed by atoms with van der Waals surface area (Å²) in [4.78, 5) is 26.5. The maximum absolute atomic E-state index is 12.4. The van der Waals surface area contributed by atoms with E-state index < -0.39 is 0 Å². The van der Waals surface area contributed by atoms with Crippen molar-refractivity contribution in [2.45, 2.75) is 26.4 Å². The molecular formula is C19H23Cl2N3O2. The predicted molar refractivity (Wildman–Crippen MR) is 108 cm³/mol. The predicted octanol–water partition coefficient (Wildman–Crippen LogP) is 3.95. The Bertz CT molecular complexity index is 777. The van der Waals surface area contributed by atoms with Gasteiger partial charge in [-0.05, 0) is 49.7 Å². The first-order valence-electron chi connectivity index (χ1n) is 8.00. The van der Waals surface area contributed by atoms with Crippen molar-refractivity contribution >= 4 is 41.5 Å². The molecule has 0 aliphatic carbocycles. The molecule has 140 valence electrons.